The van der Waals surface area contributed by atoms with Gasteiger partial charge in [0.15, 0.2) is 0 Å². The van der Waals surface area contributed by atoms with E-state index in [1.165, 1.54) is 6.42 Å². The number of aromatic nitrogens is 2. The minimum Gasteiger partial charge on any atom is -0.315 e. The van der Waals surface area contributed by atoms with Crippen LogP contribution < -0.4 is 5.32 Å². The first-order valence-corrected chi connectivity index (χ1v) is 7.11. The highest BCUT2D eigenvalue weighted by Crippen LogP contribution is 2.25. The first-order chi connectivity index (χ1) is 9.24. The Hall–Kier alpha value is -1.65. The van der Waals surface area contributed by atoms with Gasteiger partial charge in [0.25, 0.3) is 0 Å². The Morgan fingerprint density at radius 2 is 2.26 bits per heavy atom. The van der Waals surface area contributed by atoms with E-state index in [9.17, 15) is 9.59 Å². The van der Waals surface area contributed by atoms with Crippen molar-refractivity contribution in [1.29, 1.82) is 0 Å². The molecule has 0 saturated heterocycles. The molecular formula is C14H19N3O2. The number of carbonyl (C=O) groups excluding carboxylic acids is 2. The SMILES string of the molecule is O=C(C[C@H]1CCCC1=O)Nc1cnc2n1CCCC2. The molecule has 2 heterocycles. The summed E-state index contributed by atoms with van der Waals surface area (Å²) in [6.07, 6.45) is 7.76. The highest BCUT2D eigenvalue weighted by atomic mass is 16.2. The number of nitrogens with zero attached hydrogens (tertiary/aromatic N) is 2. The van der Waals surface area contributed by atoms with Crippen LogP contribution in [0.5, 0.6) is 0 Å². The van der Waals surface area contributed by atoms with E-state index in [-0.39, 0.29) is 17.6 Å². The van der Waals surface area contributed by atoms with Gasteiger partial charge >= 0.3 is 0 Å². The normalized spacial score (nSPS) is 22.3. The van der Waals surface area contributed by atoms with Gasteiger partial charge in [-0.05, 0) is 25.7 Å². The van der Waals surface area contributed by atoms with Gasteiger partial charge in [-0.1, -0.05) is 0 Å². The fraction of sp³-hybridized carbons (Fsp3) is 0.643. The van der Waals surface area contributed by atoms with E-state index >= 15 is 0 Å². The number of hydrogen-bond acceptors (Lipinski definition) is 3. The molecule has 3 rings (SSSR count). The number of imidazole rings is 1. The maximum Gasteiger partial charge on any atom is 0.226 e. The Kier molecular flexibility index (Phi) is 3.36. The van der Waals surface area contributed by atoms with Crippen LogP contribution in [-0.2, 0) is 22.6 Å². The summed E-state index contributed by atoms with van der Waals surface area (Å²) in [5.74, 6) is 1.95. The van der Waals surface area contributed by atoms with Crippen molar-refractivity contribution < 1.29 is 9.59 Å². The van der Waals surface area contributed by atoms with Crippen LogP contribution >= 0.6 is 0 Å². The number of Topliss-reactive ketones (excluding diaryl/α,β-unsaturated/α-hetero) is 1. The predicted octanol–water partition coefficient (Wildman–Crippen LogP) is 1.92. The number of carbonyl (C=O) groups is 2. The Morgan fingerprint density at radius 1 is 1.37 bits per heavy atom. The molecule has 19 heavy (non-hydrogen) atoms. The van der Waals surface area contributed by atoms with E-state index < -0.39 is 0 Å². The summed E-state index contributed by atoms with van der Waals surface area (Å²) >= 11 is 0. The predicted molar refractivity (Wildman–Crippen MR) is 70.8 cm³/mol. The molecule has 1 fully saturated rings. The van der Waals surface area contributed by atoms with Crippen molar-refractivity contribution >= 4 is 17.5 Å². The second kappa shape index (κ2) is 5.15. The topological polar surface area (TPSA) is 64.0 Å². The second-order valence-corrected chi connectivity index (χ2v) is 5.48. The number of rotatable bonds is 3. The minimum absolute atomic E-state index is 0.0616. The van der Waals surface area contributed by atoms with E-state index in [4.69, 9.17) is 0 Å². The summed E-state index contributed by atoms with van der Waals surface area (Å²) < 4.78 is 2.08. The third-order valence-corrected chi connectivity index (χ3v) is 4.10. The average Bonchev–Trinajstić information content (AvgIpc) is 2.98. The molecule has 0 bridgehead atoms. The molecule has 102 valence electrons. The summed E-state index contributed by atoms with van der Waals surface area (Å²) in [6.45, 7) is 0.924. The van der Waals surface area contributed by atoms with Crippen LogP contribution in [0.3, 0.4) is 0 Å². The third-order valence-electron chi connectivity index (χ3n) is 4.10. The van der Waals surface area contributed by atoms with Crippen molar-refractivity contribution in [2.45, 2.75) is 51.5 Å². The van der Waals surface area contributed by atoms with Crippen molar-refractivity contribution in [3.05, 3.63) is 12.0 Å². The number of nitrogens with one attached hydrogen (secondary N) is 1. The molecule has 1 saturated carbocycles. The van der Waals surface area contributed by atoms with E-state index in [1.807, 2.05) is 0 Å². The lowest BCUT2D eigenvalue weighted by Gasteiger charge is -2.17. The molecular weight excluding hydrogens is 242 g/mol. The number of amides is 1. The molecule has 1 N–H and O–H groups in total. The fourth-order valence-corrected chi connectivity index (χ4v) is 3.04. The molecule has 1 aliphatic carbocycles. The van der Waals surface area contributed by atoms with Gasteiger partial charge in [-0.25, -0.2) is 4.98 Å². The first kappa shape index (κ1) is 12.4. The lowest BCUT2D eigenvalue weighted by atomic mass is 10.0. The largest absolute Gasteiger partial charge is 0.315 e. The molecule has 1 aromatic rings. The highest BCUT2D eigenvalue weighted by Gasteiger charge is 2.27. The zero-order valence-corrected chi connectivity index (χ0v) is 11.0. The maximum atomic E-state index is 12.0. The molecule has 0 spiro atoms. The van der Waals surface area contributed by atoms with Gasteiger partial charge in [-0.2, -0.15) is 0 Å². The second-order valence-electron chi connectivity index (χ2n) is 5.48. The number of fused-ring (bicyclic) bond motifs is 1. The monoisotopic (exact) mass is 261 g/mol. The van der Waals surface area contributed by atoms with Crippen molar-refractivity contribution in [2.24, 2.45) is 5.92 Å². The maximum absolute atomic E-state index is 12.0. The molecule has 5 heteroatoms. The zero-order chi connectivity index (χ0) is 13.2. The molecule has 0 radical (unpaired) electrons. The van der Waals surface area contributed by atoms with E-state index in [1.54, 1.807) is 6.20 Å². The van der Waals surface area contributed by atoms with Gasteiger partial charge in [-0.3, -0.25) is 9.59 Å². The van der Waals surface area contributed by atoms with Crippen molar-refractivity contribution in [1.82, 2.24) is 9.55 Å². The first-order valence-electron chi connectivity index (χ1n) is 7.11. The van der Waals surface area contributed by atoms with Crippen molar-refractivity contribution in [3.8, 4) is 0 Å². The van der Waals surface area contributed by atoms with Crippen LogP contribution in [0, 0.1) is 5.92 Å². The van der Waals surface area contributed by atoms with Gasteiger partial charge < -0.3 is 9.88 Å². The molecule has 0 aromatic carbocycles. The van der Waals surface area contributed by atoms with E-state index in [0.717, 1.165) is 43.9 Å². The number of ketones is 1. The quantitative estimate of drug-likeness (QED) is 0.904. The van der Waals surface area contributed by atoms with Gasteiger partial charge in [0.1, 0.15) is 17.4 Å². The Balaban J connectivity index is 1.63. The summed E-state index contributed by atoms with van der Waals surface area (Å²) in [6, 6.07) is 0. The molecule has 5 nitrogen and oxygen atoms in total. The highest BCUT2D eigenvalue weighted by molar-refractivity contribution is 5.94. The Labute approximate surface area is 112 Å². The lowest BCUT2D eigenvalue weighted by Crippen LogP contribution is -2.21. The van der Waals surface area contributed by atoms with E-state index in [2.05, 4.69) is 14.9 Å². The van der Waals surface area contributed by atoms with Crippen molar-refractivity contribution in [2.75, 3.05) is 5.32 Å². The van der Waals surface area contributed by atoms with Crippen LogP contribution in [0.4, 0.5) is 5.82 Å². The van der Waals surface area contributed by atoms with Crippen LogP contribution in [0.25, 0.3) is 0 Å². The average molecular weight is 261 g/mol. The van der Waals surface area contributed by atoms with E-state index in [0.29, 0.717) is 12.8 Å². The Bertz CT molecular complexity index is 507. The molecule has 0 unspecified atom stereocenters. The summed E-state index contributed by atoms with van der Waals surface area (Å²) in [5.41, 5.74) is 0. The molecule has 1 aromatic heterocycles. The van der Waals surface area contributed by atoms with Gasteiger partial charge in [0, 0.05) is 31.7 Å². The summed E-state index contributed by atoms with van der Waals surface area (Å²) in [5, 5.41) is 2.91. The third kappa shape index (κ3) is 2.55. The fourth-order valence-electron chi connectivity index (χ4n) is 3.04. The summed E-state index contributed by atoms with van der Waals surface area (Å²) in [7, 11) is 0. The lowest BCUT2D eigenvalue weighted by molar-refractivity contribution is -0.125. The van der Waals surface area contributed by atoms with Gasteiger partial charge in [0.2, 0.25) is 5.91 Å². The number of anilines is 1. The van der Waals surface area contributed by atoms with Crippen molar-refractivity contribution in [3.63, 3.8) is 0 Å². The molecule has 1 atom stereocenters. The zero-order valence-electron chi connectivity index (χ0n) is 11.0. The standard InChI is InChI=1S/C14H19N3O2/c18-11-5-3-4-10(11)8-14(19)16-13-9-15-12-6-1-2-7-17(12)13/h9-10H,1-8H2,(H,16,19)/t10-/m1/s1. The van der Waals surface area contributed by atoms with Crippen LogP contribution in [0.2, 0.25) is 0 Å². The summed E-state index contributed by atoms with van der Waals surface area (Å²) in [4.78, 5) is 27.9. The smallest absolute Gasteiger partial charge is 0.226 e. The van der Waals surface area contributed by atoms with Gasteiger partial charge in [0.05, 0.1) is 6.20 Å². The Morgan fingerprint density at radius 3 is 3.05 bits per heavy atom. The molecule has 1 amide bonds. The van der Waals surface area contributed by atoms with Crippen LogP contribution in [0.1, 0.15) is 44.3 Å². The van der Waals surface area contributed by atoms with Gasteiger partial charge in [-0.15, -0.1) is 0 Å². The molecule has 1 aliphatic heterocycles. The van der Waals surface area contributed by atoms with Crippen LogP contribution in [-0.4, -0.2) is 21.2 Å². The number of hydrogen-bond donors (Lipinski definition) is 1. The number of aryl methyl sites for hydroxylation is 1. The molecule has 2 aliphatic rings. The minimum atomic E-state index is -0.0660. The van der Waals surface area contributed by atoms with Crippen LogP contribution in [0.15, 0.2) is 6.20 Å².